The van der Waals surface area contributed by atoms with Crippen LogP contribution in [-0.4, -0.2) is 23.5 Å². The van der Waals surface area contributed by atoms with Crippen molar-refractivity contribution in [3.05, 3.63) is 60.0 Å². The minimum Gasteiger partial charge on any atom is -0.496 e. The van der Waals surface area contributed by atoms with E-state index in [2.05, 4.69) is 10.1 Å². The molecule has 0 spiro atoms. The van der Waals surface area contributed by atoms with Crippen molar-refractivity contribution in [1.29, 1.82) is 0 Å². The fourth-order valence-electron chi connectivity index (χ4n) is 2.04. The monoisotopic (exact) mass is 310 g/mol. The van der Waals surface area contributed by atoms with Crippen molar-refractivity contribution >= 4 is 6.29 Å². The summed E-state index contributed by atoms with van der Waals surface area (Å²) >= 11 is 0. The van der Waals surface area contributed by atoms with Crippen LogP contribution < -0.4 is 9.47 Å². The fourth-order valence-corrected chi connectivity index (χ4v) is 2.04. The number of carbonyl (C=O) groups excluding carboxylic acids is 1. The summed E-state index contributed by atoms with van der Waals surface area (Å²) in [6.07, 6.45) is 0.779. The van der Waals surface area contributed by atoms with Gasteiger partial charge in [-0.25, -0.2) is 0 Å². The number of ether oxygens (including phenoxy) is 2. The van der Waals surface area contributed by atoms with Crippen LogP contribution in [-0.2, 0) is 6.61 Å². The van der Waals surface area contributed by atoms with E-state index in [1.54, 1.807) is 31.4 Å². The SMILES string of the molecule is COc1ccccc1-c1noc(COc2ccc(C=O)cc2)n1. The van der Waals surface area contributed by atoms with Crippen molar-refractivity contribution in [2.75, 3.05) is 7.11 Å². The van der Waals surface area contributed by atoms with Crippen molar-refractivity contribution in [2.24, 2.45) is 0 Å². The number of nitrogens with zero attached hydrogens (tertiary/aromatic N) is 2. The third-order valence-corrected chi connectivity index (χ3v) is 3.19. The van der Waals surface area contributed by atoms with Gasteiger partial charge in [0, 0.05) is 5.56 Å². The van der Waals surface area contributed by atoms with Crippen molar-refractivity contribution in [3.8, 4) is 22.9 Å². The van der Waals surface area contributed by atoms with E-state index >= 15 is 0 Å². The number of rotatable bonds is 6. The lowest BCUT2D eigenvalue weighted by atomic mass is 10.2. The first-order chi connectivity index (χ1) is 11.3. The van der Waals surface area contributed by atoms with Gasteiger partial charge >= 0.3 is 0 Å². The maximum absolute atomic E-state index is 10.6. The molecule has 1 aromatic heterocycles. The van der Waals surface area contributed by atoms with Gasteiger partial charge in [-0.15, -0.1) is 0 Å². The lowest BCUT2D eigenvalue weighted by molar-refractivity contribution is 0.112. The van der Waals surface area contributed by atoms with E-state index in [1.165, 1.54) is 0 Å². The average Bonchev–Trinajstić information content (AvgIpc) is 3.09. The van der Waals surface area contributed by atoms with E-state index in [-0.39, 0.29) is 6.61 Å². The van der Waals surface area contributed by atoms with Gasteiger partial charge in [0.05, 0.1) is 12.7 Å². The minimum absolute atomic E-state index is 0.141. The molecule has 0 aliphatic rings. The molecule has 6 heteroatoms. The Hall–Kier alpha value is -3.15. The third-order valence-electron chi connectivity index (χ3n) is 3.19. The lowest BCUT2D eigenvalue weighted by Crippen LogP contribution is -1.96. The summed E-state index contributed by atoms with van der Waals surface area (Å²) in [5.41, 5.74) is 1.34. The number of benzene rings is 2. The molecule has 0 aliphatic heterocycles. The smallest absolute Gasteiger partial charge is 0.264 e. The second-order valence-corrected chi connectivity index (χ2v) is 4.69. The standard InChI is InChI=1S/C17H14N2O4/c1-21-15-5-3-2-4-14(15)17-18-16(23-19-17)11-22-13-8-6-12(10-20)7-9-13/h2-10H,11H2,1H3. The van der Waals surface area contributed by atoms with Crippen molar-refractivity contribution in [2.45, 2.75) is 6.61 Å². The van der Waals surface area contributed by atoms with Crippen LogP contribution in [0.3, 0.4) is 0 Å². The van der Waals surface area contributed by atoms with Gasteiger partial charge < -0.3 is 14.0 Å². The van der Waals surface area contributed by atoms with E-state index in [0.717, 1.165) is 11.8 Å². The second-order valence-electron chi connectivity index (χ2n) is 4.69. The molecular formula is C17H14N2O4. The molecule has 2 aromatic carbocycles. The summed E-state index contributed by atoms with van der Waals surface area (Å²) in [6, 6.07) is 14.2. The zero-order chi connectivity index (χ0) is 16.1. The summed E-state index contributed by atoms with van der Waals surface area (Å²) < 4.78 is 16.0. The Balaban J connectivity index is 1.70. The number of para-hydroxylation sites is 1. The first-order valence-electron chi connectivity index (χ1n) is 6.94. The molecule has 0 N–H and O–H groups in total. The van der Waals surface area contributed by atoms with E-state index in [9.17, 15) is 4.79 Å². The predicted octanol–water partition coefficient (Wildman–Crippen LogP) is 3.14. The minimum atomic E-state index is 0.141. The van der Waals surface area contributed by atoms with Crippen LogP contribution in [0.15, 0.2) is 53.1 Å². The van der Waals surface area contributed by atoms with E-state index in [0.29, 0.717) is 28.8 Å². The first kappa shape index (κ1) is 14.8. The van der Waals surface area contributed by atoms with Gasteiger partial charge in [0.2, 0.25) is 5.82 Å². The van der Waals surface area contributed by atoms with Gasteiger partial charge in [-0.2, -0.15) is 4.98 Å². The van der Waals surface area contributed by atoms with Crippen LogP contribution in [0, 0.1) is 0 Å². The molecule has 23 heavy (non-hydrogen) atoms. The van der Waals surface area contributed by atoms with Crippen LogP contribution in [0.1, 0.15) is 16.2 Å². The van der Waals surface area contributed by atoms with Crippen LogP contribution in [0.5, 0.6) is 11.5 Å². The topological polar surface area (TPSA) is 74.5 Å². The molecular weight excluding hydrogens is 296 g/mol. The Labute approximate surface area is 132 Å². The molecule has 3 aromatic rings. The van der Waals surface area contributed by atoms with Gasteiger partial charge in [-0.3, -0.25) is 4.79 Å². The highest BCUT2D eigenvalue weighted by Gasteiger charge is 2.13. The number of aldehydes is 1. The van der Waals surface area contributed by atoms with E-state index in [1.807, 2.05) is 24.3 Å². The highest BCUT2D eigenvalue weighted by molar-refractivity contribution is 5.74. The van der Waals surface area contributed by atoms with Crippen LogP contribution in [0.2, 0.25) is 0 Å². The molecule has 0 saturated heterocycles. The molecule has 116 valence electrons. The maximum atomic E-state index is 10.6. The summed E-state index contributed by atoms with van der Waals surface area (Å²) in [5.74, 6) is 2.08. The molecule has 0 fully saturated rings. The molecule has 3 rings (SSSR count). The molecule has 0 radical (unpaired) electrons. The van der Waals surface area contributed by atoms with Crippen LogP contribution >= 0.6 is 0 Å². The molecule has 0 bridgehead atoms. The largest absolute Gasteiger partial charge is 0.496 e. The molecule has 0 unspecified atom stereocenters. The highest BCUT2D eigenvalue weighted by Crippen LogP contribution is 2.27. The lowest BCUT2D eigenvalue weighted by Gasteiger charge is -2.03. The Morgan fingerprint density at radius 1 is 1.13 bits per heavy atom. The third kappa shape index (κ3) is 3.37. The van der Waals surface area contributed by atoms with Gasteiger partial charge in [0.15, 0.2) is 6.61 Å². The summed E-state index contributed by atoms with van der Waals surface area (Å²) in [6.45, 7) is 0.141. The van der Waals surface area contributed by atoms with Gasteiger partial charge in [0.25, 0.3) is 5.89 Å². The summed E-state index contributed by atoms with van der Waals surface area (Å²) in [7, 11) is 1.59. The normalized spacial score (nSPS) is 10.3. The molecule has 0 aliphatic carbocycles. The number of carbonyl (C=O) groups is 1. The zero-order valence-electron chi connectivity index (χ0n) is 12.4. The molecule has 0 atom stereocenters. The number of hydrogen-bond acceptors (Lipinski definition) is 6. The van der Waals surface area contributed by atoms with Crippen LogP contribution in [0.4, 0.5) is 0 Å². The Morgan fingerprint density at radius 2 is 1.91 bits per heavy atom. The number of aromatic nitrogens is 2. The van der Waals surface area contributed by atoms with Gasteiger partial charge in [-0.1, -0.05) is 17.3 Å². The fraction of sp³-hybridized carbons (Fsp3) is 0.118. The zero-order valence-corrected chi connectivity index (χ0v) is 12.4. The van der Waals surface area contributed by atoms with Gasteiger partial charge in [-0.05, 0) is 36.4 Å². The van der Waals surface area contributed by atoms with Crippen molar-refractivity contribution in [3.63, 3.8) is 0 Å². The van der Waals surface area contributed by atoms with Crippen molar-refractivity contribution in [1.82, 2.24) is 10.1 Å². The second kappa shape index (κ2) is 6.74. The van der Waals surface area contributed by atoms with Crippen LogP contribution in [0.25, 0.3) is 11.4 Å². The first-order valence-corrected chi connectivity index (χ1v) is 6.94. The highest BCUT2D eigenvalue weighted by atomic mass is 16.5. The molecule has 6 nitrogen and oxygen atoms in total. The molecule has 1 heterocycles. The number of methoxy groups -OCH3 is 1. The average molecular weight is 310 g/mol. The maximum Gasteiger partial charge on any atom is 0.264 e. The van der Waals surface area contributed by atoms with E-state index in [4.69, 9.17) is 14.0 Å². The van der Waals surface area contributed by atoms with E-state index < -0.39 is 0 Å². The quantitative estimate of drug-likeness (QED) is 0.651. The Morgan fingerprint density at radius 3 is 2.65 bits per heavy atom. The molecule has 0 saturated carbocycles. The predicted molar refractivity (Wildman–Crippen MR) is 82.4 cm³/mol. The summed E-state index contributed by atoms with van der Waals surface area (Å²) in [5, 5.41) is 3.94. The number of hydrogen-bond donors (Lipinski definition) is 0. The van der Waals surface area contributed by atoms with Crippen molar-refractivity contribution < 1.29 is 18.8 Å². The summed E-state index contributed by atoms with van der Waals surface area (Å²) in [4.78, 5) is 14.9. The Bertz CT molecular complexity index is 796. The Kier molecular flexibility index (Phi) is 4.33. The molecule has 0 amide bonds. The van der Waals surface area contributed by atoms with Gasteiger partial charge in [0.1, 0.15) is 17.8 Å².